The standard InChI is InChI=1S/C16H24N4O3/c1-16(2,23-3)15(22)20-9-4-5-12(6-10-20)19-14(21)13-11-17-7-8-18-13/h7-8,11-12H,4-6,9-10H2,1-3H3,(H,19,21)/t12-/m1/s1. The molecule has 1 aromatic heterocycles. The van der Waals surface area contributed by atoms with Gasteiger partial charge in [-0.2, -0.15) is 0 Å². The lowest BCUT2D eigenvalue weighted by atomic mass is 10.1. The lowest BCUT2D eigenvalue weighted by Gasteiger charge is -2.30. The number of nitrogens with zero attached hydrogens (tertiary/aromatic N) is 3. The van der Waals surface area contributed by atoms with Crippen molar-refractivity contribution in [2.45, 2.75) is 44.8 Å². The van der Waals surface area contributed by atoms with Crippen LogP contribution in [0.15, 0.2) is 18.6 Å². The number of hydrogen-bond acceptors (Lipinski definition) is 5. The molecule has 0 aliphatic carbocycles. The van der Waals surface area contributed by atoms with Gasteiger partial charge in [0.05, 0.1) is 6.20 Å². The molecule has 0 spiro atoms. The summed E-state index contributed by atoms with van der Waals surface area (Å²) in [5, 5.41) is 2.98. The molecule has 1 atom stereocenters. The zero-order valence-electron chi connectivity index (χ0n) is 13.9. The van der Waals surface area contributed by atoms with E-state index in [-0.39, 0.29) is 17.9 Å². The smallest absolute Gasteiger partial charge is 0.271 e. The van der Waals surface area contributed by atoms with E-state index in [1.165, 1.54) is 18.6 Å². The van der Waals surface area contributed by atoms with Crippen molar-refractivity contribution >= 4 is 11.8 Å². The van der Waals surface area contributed by atoms with Crippen LogP contribution >= 0.6 is 0 Å². The van der Waals surface area contributed by atoms with Crippen LogP contribution in [-0.2, 0) is 9.53 Å². The van der Waals surface area contributed by atoms with Gasteiger partial charge in [-0.05, 0) is 33.1 Å². The summed E-state index contributed by atoms with van der Waals surface area (Å²) in [6.07, 6.45) is 6.87. The summed E-state index contributed by atoms with van der Waals surface area (Å²) >= 11 is 0. The molecular weight excluding hydrogens is 296 g/mol. The number of likely N-dealkylation sites (tertiary alicyclic amines) is 1. The SMILES string of the molecule is COC(C)(C)C(=O)N1CCC[C@@H](NC(=O)c2cnccn2)CC1. The molecular formula is C16H24N4O3. The van der Waals surface area contributed by atoms with Gasteiger partial charge in [-0.1, -0.05) is 0 Å². The van der Waals surface area contributed by atoms with E-state index < -0.39 is 5.60 Å². The van der Waals surface area contributed by atoms with E-state index in [2.05, 4.69) is 15.3 Å². The zero-order valence-corrected chi connectivity index (χ0v) is 13.9. The number of aromatic nitrogens is 2. The quantitative estimate of drug-likeness (QED) is 0.895. The first-order valence-corrected chi connectivity index (χ1v) is 7.85. The first kappa shape index (κ1) is 17.3. The Hall–Kier alpha value is -2.02. The molecule has 1 saturated heterocycles. The van der Waals surface area contributed by atoms with Crippen molar-refractivity contribution in [1.29, 1.82) is 0 Å². The van der Waals surface area contributed by atoms with Crippen LogP contribution in [0.25, 0.3) is 0 Å². The maximum absolute atomic E-state index is 12.4. The van der Waals surface area contributed by atoms with E-state index >= 15 is 0 Å². The summed E-state index contributed by atoms with van der Waals surface area (Å²) in [6.45, 7) is 4.83. The number of amides is 2. The number of ether oxygens (including phenoxy) is 1. The summed E-state index contributed by atoms with van der Waals surface area (Å²) in [4.78, 5) is 34.3. The summed E-state index contributed by atoms with van der Waals surface area (Å²) in [7, 11) is 1.54. The molecule has 0 aromatic carbocycles. The molecule has 0 radical (unpaired) electrons. The van der Waals surface area contributed by atoms with Crippen molar-refractivity contribution < 1.29 is 14.3 Å². The fourth-order valence-corrected chi connectivity index (χ4v) is 2.59. The second-order valence-corrected chi connectivity index (χ2v) is 6.20. The van der Waals surface area contributed by atoms with Gasteiger partial charge in [-0.3, -0.25) is 14.6 Å². The van der Waals surface area contributed by atoms with Gasteiger partial charge in [-0.25, -0.2) is 4.98 Å². The van der Waals surface area contributed by atoms with Gasteiger partial charge in [0.1, 0.15) is 11.3 Å². The highest BCUT2D eigenvalue weighted by atomic mass is 16.5. The number of methoxy groups -OCH3 is 1. The van der Waals surface area contributed by atoms with Gasteiger partial charge >= 0.3 is 0 Å². The molecule has 1 fully saturated rings. The molecule has 1 aliphatic heterocycles. The van der Waals surface area contributed by atoms with Crippen molar-refractivity contribution in [3.63, 3.8) is 0 Å². The fourth-order valence-electron chi connectivity index (χ4n) is 2.59. The average molecular weight is 320 g/mol. The highest BCUT2D eigenvalue weighted by molar-refractivity contribution is 5.92. The van der Waals surface area contributed by atoms with Crippen molar-refractivity contribution in [1.82, 2.24) is 20.2 Å². The van der Waals surface area contributed by atoms with E-state index in [1.54, 1.807) is 21.0 Å². The third kappa shape index (κ3) is 4.48. The highest BCUT2D eigenvalue weighted by Crippen LogP contribution is 2.17. The third-order valence-corrected chi connectivity index (χ3v) is 4.17. The number of carbonyl (C=O) groups excluding carboxylic acids is 2. The maximum atomic E-state index is 12.4. The van der Waals surface area contributed by atoms with Crippen molar-refractivity contribution in [2.75, 3.05) is 20.2 Å². The lowest BCUT2D eigenvalue weighted by molar-refractivity contribution is -0.150. The average Bonchev–Trinajstić information content (AvgIpc) is 2.80. The van der Waals surface area contributed by atoms with Crippen LogP contribution in [0.4, 0.5) is 0 Å². The Labute approximate surface area is 136 Å². The minimum Gasteiger partial charge on any atom is -0.369 e. The third-order valence-electron chi connectivity index (χ3n) is 4.17. The molecule has 1 N–H and O–H groups in total. The molecule has 2 rings (SSSR count). The predicted octanol–water partition coefficient (Wildman–Crippen LogP) is 1.01. The number of carbonyl (C=O) groups is 2. The van der Waals surface area contributed by atoms with Crippen LogP contribution in [0.2, 0.25) is 0 Å². The Morgan fingerprint density at radius 3 is 2.74 bits per heavy atom. The van der Waals surface area contributed by atoms with Crippen LogP contribution < -0.4 is 5.32 Å². The van der Waals surface area contributed by atoms with Crippen molar-refractivity contribution in [3.8, 4) is 0 Å². The van der Waals surface area contributed by atoms with Crippen LogP contribution in [0.3, 0.4) is 0 Å². The zero-order chi connectivity index (χ0) is 16.9. The minimum atomic E-state index is -0.817. The van der Waals surface area contributed by atoms with Gasteiger partial charge in [-0.15, -0.1) is 0 Å². The summed E-state index contributed by atoms with van der Waals surface area (Å²) in [6, 6.07) is 0.0352. The van der Waals surface area contributed by atoms with Crippen LogP contribution in [0.5, 0.6) is 0 Å². The largest absolute Gasteiger partial charge is 0.369 e. The van der Waals surface area contributed by atoms with Gasteiger partial charge in [0.2, 0.25) is 0 Å². The Morgan fingerprint density at radius 2 is 2.09 bits per heavy atom. The van der Waals surface area contributed by atoms with E-state index in [9.17, 15) is 9.59 Å². The topological polar surface area (TPSA) is 84.4 Å². The van der Waals surface area contributed by atoms with Gasteiger partial charge < -0.3 is 15.0 Å². The number of hydrogen-bond donors (Lipinski definition) is 1. The second kappa shape index (κ2) is 7.50. The Kier molecular flexibility index (Phi) is 5.65. The van der Waals surface area contributed by atoms with E-state index in [1.807, 2.05) is 4.90 Å². The number of nitrogens with one attached hydrogen (secondary N) is 1. The summed E-state index contributed by atoms with van der Waals surface area (Å²) in [5.74, 6) is -0.235. The molecule has 0 saturated carbocycles. The first-order valence-electron chi connectivity index (χ1n) is 7.85. The molecule has 7 nitrogen and oxygen atoms in total. The van der Waals surface area contributed by atoms with Crippen LogP contribution in [0.1, 0.15) is 43.6 Å². The maximum Gasteiger partial charge on any atom is 0.271 e. The van der Waals surface area contributed by atoms with Gasteiger partial charge in [0.25, 0.3) is 11.8 Å². The minimum absolute atomic E-state index is 0.0131. The number of rotatable bonds is 4. The highest BCUT2D eigenvalue weighted by Gasteiger charge is 2.33. The van der Waals surface area contributed by atoms with Crippen molar-refractivity contribution in [3.05, 3.63) is 24.3 Å². The Bertz CT molecular complexity index is 548. The summed E-state index contributed by atoms with van der Waals surface area (Å²) < 4.78 is 5.27. The molecule has 126 valence electrons. The Balaban J connectivity index is 1.91. The van der Waals surface area contributed by atoms with E-state index in [0.29, 0.717) is 18.8 Å². The van der Waals surface area contributed by atoms with Crippen molar-refractivity contribution in [2.24, 2.45) is 0 Å². The predicted molar refractivity (Wildman–Crippen MR) is 84.8 cm³/mol. The molecule has 2 amide bonds. The normalized spacial score (nSPS) is 19.1. The molecule has 23 heavy (non-hydrogen) atoms. The van der Waals surface area contributed by atoms with Gasteiger partial charge in [0, 0.05) is 38.6 Å². The monoisotopic (exact) mass is 320 g/mol. The lowest BCUT2D eigenvalue weighted by Crippen LogP contribution is -2.47. The van der Waals surface area contributed by atoms with Gasteiger partial charge in [0.15, 0.2) is 0 Å². The molecule has 0 bridgehead atoms. The van der Waals surface area contributed by atoms with E-state index in [0.717, 1.165) is 19.3 Å². The summed E-state index contributed by atoms with van der Waals surface area (Å²) in [5.41, 5.74) is -0.506. The van der Waals surface area contributed by atoms with Crippen LogP contribution in [0, 0.1) is 0 Å². The van der Waals surface area contributed by atoms with Crippen LogP contribution in [-0.4, -0.2) is 58.5 Å². The molecule has 1 aliphatic rings. The molecule has 1 aromatic rings. The first-order chi connectivity index (χ1) is 10.9. The second-order valence-electron chi connectivity index (χ2n) is 6.20. The Morgan fingerprint density at radius 1 is 1.30 bits per heavy atom. The fraction of sp³-hybridized carbons (Fsp3) is 0.625. The molecule has 2 heterocycles. The van der Waals surface area contributed by atoms with E-state index in [4.69, 9.17) is 4.74 Å². The molecule has 0 unspecified atom stereocenters. The molecule has 7 heteroatoms.